The zero-order chi connectivity index (χ0) is 40.2. The van der Waals surface area contributed by atoms with Crippen molar-refractivity contribution in [1.82, 2.24) is 0 Å². The highest BCUT2D eigenvalue weighted by Crippen LogP contribution is 2.58. The zero-order valence-corrected chi connectivity index (χ0v) is 33.8. The molecular weight excluding hydrogens is 723 g/mol. The van der Waals surface area contributed by atoms with E-state index in [0.29, 0.717) is 0 Å². The van der Waals surface area contributed by atoms with Gasteiger partial charge in [-0.05, 0) is 89.8 Å². The first-order valence-corrected chi connectivity index (χ1v) is 20.9. The molecule has 0 spiro atoms. The highest BCUT2D eigenvalue weighted by atomic mass is 15.2. The van der Waals surface area contributed by atoms with Crippen molar-refractivity contribution in [3.05, 3.63) is 236 Å². The minimum absolute atomic E-state index is 0.205. The fourth-order valence-electron chi connectivity index (χ4n) is 10.0. The van der Waals surface area contributed by atoms with Gasteiger partial charge in [0.25, 0.3) is 0 Å². The number of para-hydroxylation sites is 2. The van der Waals surface area contributed by atoms with Crippen molar-refractivity contribution in [3.8, 4) is 55.6 Å². The molecule has 0 bridgehead atoms. The number of benzene rings is 10. The average Bonchev–Trinajstić information content (AvgIpc) is 3.56. The Morgan fingerprint density at radius 2 is 0.800 bits per heavy atom. The van der Waals surface area contributed by atoms with Crippen LogP contribution in [0.25, 0.3) is 77.2 Å². The first kappa shape index (κ1) is 35.7. The molecule has 0 saturated carbocycles. The molecule has 0 heterocycles. The standard InChI is InChI=1S/C59H43N/c1-59(2)52-36-16-13-33-51(52)57-55(39-43-25-9-10-29-46(43)58(57)59)60(53-37-17-14-28-44(53)40-21-5-3-6-22-40)54-38-18-15-32-49(54)47-30-11-12-31-48(47)50-35-20-27-42-26-19-34-45(56(42)50)41-23-7-4-8-24-41/h3-39H,1-2H3. The SMILES string of the molecule is CC1(C)c2ccccc2-c2c(N(c3ccccc3-c3ccccc3)c3ccccc3-c3ccccc3-c3cccc4cccc(-c5ccccc5)c34)cc3ccccc3c21. The molecule has 0 aliphatic heterocycles. The summed E-state index contributed by atoms with van der Waals surface area (Å²) in [4.78, 5) is 2.57. The van der Waals surface area contributed by atoms with Gasteiger partial charge in [-0.3, -0.25) is 0 Å². The van der Waals surface area contributed by atoms with Crippen LogP contribution in [0.2, 0.25) is 0 Å². The second-order valence-corrected chi connectivity index (χ2v) is 16.4. The van der Waals surface area contributed by atoms with E-state index >= 15 is 0 Å². The Morgan fingerprint density at radius 3 is 1.50 bits per heavy atom. The van der Waals surface area contributed by atoms with Gasteiger partial charge in [0, 0.05) is 22.1 Å². The third kappa shape index (κ3) is 5.69. The van der Waals surface area contributed by atoms with Crippen molar-refractivity contribution >= 4 is 38.6 Å². The Morgan fingerprint density at radius 1 is 0.333 bits per heavy atom. The summed E-state index contributed by atoms with van der Waals surface area (Å²) in [5.74, 6) is 0. The van der Waals surface area contributed by atoms with Gasteiger partial charge in [-0.1, -0.05) is 220 Å². The summed E-state index contributed by atoms with van der Waals surface area (Å²) in [7, 11) is 0. The Kier molecular flexibility index (Phi) is 8.57. The van der Waals surface area contributed by atoms with Crippen LogP contribution in [0.1, 0.15) is 25.0 Å². The van der Waals surface area contributed by atoms with Crippen LogP contribution >= 0.6 is 0 Å². The summed E-state index contributed by atoms with van der Waals surface area (Å²) < 4.78 is 0. The van der Waals surface area contributed by atoms with E-state index in [1.165, 1.54) is 88.4 Å². The van der Waals surface area contributed by atoms with Crippen LogP contribution in [0.5, 0.6) is 0 Å². The van der Waals surface area contributed by atoms with Crippen LogP contribution in [0, 0.1) is 0 Å². The van der Waals surface area contributed by atoms with E-state index in [9.17, 15) is 0 Å². The molecule has 60 heavy (non-hydrogen) atoms. The maximum absolute atomic E-state index is 2.57. The molecule has 11 rings (SSSR count). The van der Waals surface area contributed by atoms with Gasteiger partial charge in [-0.15, -0.1) is 0 Å². The predicted molar refractivity (Wildman–Crippen MR) is 255 cm³/mol. The molecule has 0 fully saturated rings. The molecule has 0 saturated heterocycles. The molecule has 0 aromatic heterocycles. The third-order valence-electron chi connectivity index (χ3n) is 12.6. The quantitative estimate of drug-likeness (QED) is 0.156. The number of hydrogen-bond donors (Lipinski definition) is 0. The number of fused-ring (bicyclic) bond motifs is 6. The smallest absolute Gasteiger partial charge is 0.0550 e. The maximum atomic E-state index is 2.57. The second-order valence-electron chi connectivity index (χ2n) is 16.4. The summed E-state index contributed by atoms with van der Waals surface area (Å²) in [6.45, 7) is 4.79. The second kappa shape index (κ2) is 14.4. The van der Waals surface area contributed by atoms with Crippen LogP contribution in [0.15, 0.2) is 224 Å². The molecule has 1 aliphatic carbocycles. The summed E-state index contributed by atoms with van der Waals surface area (Å²) in [5.41, 5.74) is 18.1. The van der Waals surface area contributed by atoms with Crippen LogP contribution in [0.4, 0.5) is 17.1 Å². The first-order valence-electron chi connectivity index (χ1n) is 20.9. The summed E-state index contributed by atoms with van der Waals surface area (Å²) in [6, 6.07) is 82.4. The van der Waals surface area contributed by atoms with Gasteiger partial charge in [0.15, 0.2) is 0 Å². The van der Waals surface area contributed by atoms with Crippen LogP contribution in [-0.4, -0.2) is 0 Å². The van der Waals surface area contributed by atoms with Crippen LogP contribution in [0.3, 0.4) is 0 Å². The molecule has 1 aliphatic rings. The molecule has 1 nitrogen and oxygen atoms in total. The monoisotopic (exact) mass is 765 g/mol. The fourth-order valence-corrected chi connectivity index (χ4v) is 10.0. The molecule has 0 atom stereocenters. The minimum atomic E-state index is -0.205. The lowest BCUT2D eigenvalue weighted by atomic mass is 9.80. The van der Waals surface area contributed by atoms with E-state index in [2.05, 4.69) is 243 Å². The average molecular weight is 766 g/mol. The Labute approximate surface area is 352 Å². The lowest BCUT2D eigenvalue weighted by molar-refractivity contribution is 0.666. The zero-order valence-electron chi connectivity index (χ0n) is 33.8. The number of hydrogen-bond acceptors (Lipinski definition) is 1. The minimum Gasteiger partial charge on any atom is -0.309 e. The molecule has 1 heteroatoms. The van der Waals surface area contributed by atoms with Crippen molar-refractivity contribution in [2.75, 3.05) is 4.90 Å². The highest BCUT2D eigenvalue weighted by Gasteiger charge is 2.40. The Balaban J connectivity index is 1.23. The van der Waals surface area contributed by atoms with Gasteiger partial charge >= 0.3 is 0 Å². The molecule has 0 N–H and O–H groups in total. The van der Waals surface area contributed by atoms with Crippen molar-refractivity contribution in [1.29, 1.82) is 0 Å². The Hall–Kier alpha value is -7.48. The lowest BCUT2D eigenvalue weighted by Gasteiger charge is -2.33. The van der Waals surface area contributed by atoms with Crippen molar-refractivity contribution < 1.29 is 0 Å². The number of rotatable bonds is 7. The first-order chi connectivity index (χ1) is 29.6. The van der Waals surface area contributed by atoms with E-state index in [-0.39, 0.29) is 5.41 Å². The Bertz CT molecular complexity index is 3220. The molecule has 0 radical (unpaired) electrons. The van der Waals surface area contributed by atoms with Crippen LogP contribution in [-0.2, 0) is 5.41 Å². The fraction of sp³-hybridized carbons (Fsp3) is 0.0508. The molecule has 0 amide bonds. The number of anilines is 3. The predicted octanol–water partition coefficient (Wildman–Crippen LogP) is 16.4. The van der Waals surface area contributed by atoms with Gasteiger partial charge in [-0.25, -0.2) is 0 Å². The van der Waals surface area contributed by atoms with Gasteiger partial charge in [-0.2, -0.15) is 0 Å². The highest BCUT2D eigenvalue weighted by molar-refractivity contribution is 6.11. The summed E-state index contributed by atoms with van der Waals surface area (Å²) in [6.07, 6.45) is 0. The van der Waals surface area contributed by atoms with Crippen molar-refractivity contribution in [2.24, 2.45) is 0 Å². The van der Waals surface area contributed by atoms with E-state index in [0.717, 1.165) is 16.9 Å². The molecular formula is C59H43N. The third-order valence-corrected chi connectivity index (χ3v) is 12.6. The topological polar surface area (TPSA) is 3.24 Å². The molecule has 0 unspecified atom stereocenters. The van der Waals surface area contributed by atoms with Crippen molar-refractivity contribution in [2.45, 2.75) is 19.3 Å². The van der Waals surface area contributed by atoms with E-state index in [1.54, 1.807) is 0 Å². The lowest BCUT2D eigenvalue weighted by Crippen LogP contribution is -2.17. The summed E-state index contributed by atoms with van der Waals surface area (Å²) >= 11 is 0. The summed E-state index contributed by atoms with van der Waals surface area (Å²) in [5, 5.41) is 5.02. The molecule has 10 aromatic carbocycles. The molecule has 10 aromatic rings. The van der Waals surface area contributed by atoms with Gasteiger partial charge < -0.3 is 4.90 Å². The number of nitrogens with zero attached hydrogens (tertiary/aromatic N) is 1. The van der Waals surface area contributed by atoms with E-state index < -0.39 is 0 Å². The van der Waals surface area contributed by atoms with Crippen molar-refractivity contribution in [3.63, 3.8) is 0 Å². The van der Waals surface area contributed by atoms with E-state index in [4.69, 9.17) is 0 Å². The normalized spacial score (nSPS) is 12.6. The van der Waals surface area contributed by atoms with Crippen LogP contribution < -0.4 is 4.90 Å². The largest absolute Gasteiger partial charge is 0.309 e. The molecule has 284 valence electrons. The van der Waals surface area contributed by atoms with Gasteiger partial charge in [0.1, 0.15) is 0 Å². The van der Waals surface area contributed by atoms with Gasteiger partial charge in [0.2, 0.25) is 0 Å². The van der Waals surface area contributed by atoms with E-state index in [1.807, 2.05) is 0 Å². The maximum Gasteiger partial charge on any atom is 0.0550 e. The van der Waals surface area contributed by atoms with Gasteiger partial charge in [0.05, 0.1) is 17.1 Å².